The molecule has 0 heterocycles. The van der Waals surface area contributed by atoms with Gasteiger partial charge in [-0.05, 0) is 13.8 Å². The van der Waals surface area contributed by atoms with Gasteiger partial charge in [-0.25, -0.2) is 0 Å². The first kappa shape index (κ1) is 9.90. The van der Waals surface area contributed by atoms with E-state index in [2.05, 4.69) is 21.8 Å². The van der Waals surface area contributed by atoms with Crippen molar-refractivity contribution in [2.45, 2.75) is 20.3 Å². The molecular formula is C9H14N2. The lowest BCUT2D eigenvalue weighted by molar-refractivity contribution is 1.36. The number of nitrogens with zero attached hydrogens (tertiary/aromatic N) is 2. The van der Waals surface area contributed by atoms with Gasteiger partial charge in [0.05, 0.1) is 5.71 Å². The second kappa shape index (κ2) is 5.67. The monoisotopic (exact) mass is 150 g/mol. The Balaban J connectivity index is 3.93. The summed E-state index contributed by atoms with van der Waals surface area (Å²) in [6.45, 7) is 3.86. The van der Waals surface area contributed by atoms with E-state index in [0.29, 0.717) is 0 Å². The summed E-state index contributed by atoms with van der Waals surface area (Å²) in [6.07, 6.45) is 0.739. The standard InChI is InChI=1S/C9H14N2/c1-8(10-3)6-5-7-9(2)11-4/h6H2,1-4H3. The van der Waals surface area contributed by atoms with Crippen molar-refractivity contribution in [3.63, 3.8) is 0 Å². The minimum Gasteiger partial charge on any atom is -0.297 e. The van der Waals surface area contributed by atoms with Crippen LogP contribution >= 0.6 is 0 Å². The molecule has 0 aromatic heterocycles. The number of aliphatic imine (C=N–C) groups is 2. The summed E-state index contributed by atoms with van der Waals surface area (Å²) >= 11 is 0. The molecule has 0 N–H and O–H groups in total. The quantitative estimate of drug-likeness (QED) is 0.400. The van der Waals surface area contributed by atoms with Crippen molar-refractivity contribution in [3.8, 4) is 11.8 Å². The van der Waals surface area contributed by atoms with Crippen LogP contribution in [0.5, 0.6) is 0 Å². The van der Waals surface area contributed by atoms with E-state index in [0.717, 1.165) is 17.8 Å². The van der Waals surface area contributed by atoms with Gasteiger partial charge in [-0.15, -0.1) is 0 Å². The largest absolute Gasteiger partial charge is 0.297 e. The van der Waals surface area contributed by atoms with Crippen LogP contribution in [0.25, 0.3) is 0 Å². The summed E-state index contributed by atoms with van der Waals surface area (Å²) < 4.78 is 0. The lowest BCUT2D eigenvalue weighted by Crippen LogP contribution is -1.89. The predicted molar refractivity (Wildman–Crippen MR) is 50.5 cm³/mol. The molecule has 0 spiro atoms. The molecule has 11 heavy (non-hydrogen) atoms. The molecule has 0 saturated carbocycles. The fourth-order valence-corrected chi connectivity index (χ4v) is 0.435. The Labute approximate surface area is 68.4 Å². The first-order valence-corrected chi connectivity index (χ1v) is 3.55. The zero-order chi connectivity index (χ0) is 8.69. The Morgan fingerprint density at radius 2 is 1.82 bits per heavy atom. The van der Waals surface area contributed by atoms with Crippen molar-refractivity contribution in [1.29, 1.82) is 0 Å². The fraction of sp³-hybridized carbons (Fsp3) is 0.556. The zero-order valence-electron chi connectivity index (χ0n) is 7.60. The van der Waals surface area contributed by atoms with Gasteiger partial charge in [-0.1, -0.05) is 11.8 Å². The van der Waals surface area contributed by atoms with Gasteiger partial charge in [-0.2, -0.15) is 0 Å². The number of rotatable bonds is 1. The molecular weight excluding hydrogens is 136 g/mol. The van der Waals surface area contributed by atoms with Gasteiger partial charge in [0.1, 0.15) is 0 Å². The molecule has 0 amide bonds. The average molecular weight is 150 g/mol. The molecule has 2 heteroatoms. The second-order valence-corrected chi connectivity index (χ2v) is 2.25. The van der Waals surface area contributed by atoms with Crippen LogP contribution in [0.3, 0.4) is 0 Å². The Morgan fingerprint density at radius 1 is 1.18 bits per heavy atom. The van der Waals surface area contributed by atoms with Crippen molar-refractivity contribution in [2.24, 2.45) is 9.98 Å². The normalized spacial score (nSPS) is 12.4. The molecule has 0 aliphatic carbocycles. The Hall–Kier alpha value is -1.10. The Kier molecular flexibility index (Phi) is 5.10. The second-order valence-electron chi connectivity index (χ2n) is 2.25. The van der Waals surface area contributed by atoms with Crippen LogP contribution in [-0.2, 0) is 0 Å². The first-order valence-electron chi connectivity index (χ1n) is 3.55. The molecule has 0 rings (SSSR count). The Morgan fingerprint density at radius 3 is 2.27 bits per heavy atom. The highest BCUT2D eigenvalue weighted by atomic mass is 14.7. The summed E-state index contributed by atoms with van der Waals surface area (Å²) in [5.41, 5.74) is 1.93. The highest BCUT2D eigenvalue weighted by Crippen LogP contribution is 1.81. The highest BCUT2D eigenvalue weighted by molar-refractivity contribution is 5.99. The van der Waals surface area contributed by atoms with Gasteiger partial charge < -0.3 is 0 Å². The van der Waals surface area contributed by atoms with Crippen LogP contribution in [0.4, 0.5) is 0 Å². The van der Waals surface area contributed by atoms with Crippen molar-refractivity contribution in [3.05, 3.63) is 0 Å². The van der Waals surface area contributed by atoms with Gasteiger partial charge in [0.15, 0.2) is 0 Å². The maximum Gasteiger partial charge on any atom is 0.0809 e. The molecule has 0 radical (unpaired) electrons. The maximum atomic E-state index is 3.99. The van der Waals surface area contributed by atoms with Crippen molar-refractivity contribution >= 4 is 11.4 Å². The molecule has 0 fully saturated rings. The predicted octanol–water partition coefficient (Wildman–Crippen LogP) is 1.56. The van der Waals surface area contributed by atoms with E-state index in [-0.39, 0.29) is 0 Å². The van der Waals surface area contributed by atoms with Gasteiger partial charge in [0.2, 0.25) is 0 Å². The smallest absolute Gasteiger partial charge is 0.0809 e. The van der Waals surface area contributed by atoms with Crippen molar-refractivity contribution in [1.82, 2.24) is 0 Å². The van der Waals surface area contributed by atoms with Crippen molar-refractivity contribution < 1.29 is 0 Å². The summed E-state index contributed by atoms with van der Waals surface area (Å²) in [5.74, 6) is 5.89. The summed E-state index contributed by atoms with van der Waals surface area (Å²) in [7, 11) is 3.52. The molecule has 0 bridgehead atoms. The van der Waals surface area contributed by atoms with Gasteiger partial charge >= 0.3 is 0 Å². The van der Waals surface area contributed by atoms with E-state index >= 15 is 0 Å². The summed E-state index contributed by atoms with van der Waals surface area (Å²) in [4.78, 5) is 7.90. The summed E-state index contributed by atoms with van der Waals surface area (Å²) in [5, 5.41) is 0. The SMILES string of the molecule is CN=C(C)C#CCC(C)=NC. The van der Waals surface area contributed by atoms with E-state index in [1.807, 2.05) is 13.8 Å². The molecule has 0 aromatic rings. The third-order valence-corrected chi connectivity index (χ3v) is 1.33. The molecule has 0 aromatic carbocycles. The van der Waals surface area contributed by atoms with E-state index in [1.54, 1.807) is 14.1 Å². The maximum absolute atomic E-state index is 3.99. The minimum absolute atomic E-state index is 0.739. The lowest BCUT2D eigenvalue weighted by atomic mass is 10.3. The van der Waals surface area contributed by atoms with E-state index in [4.69, 9.17) is 0 Å². The average Bonchev–Trinajstić information content (AvgIpc) is 2.04. The number of hydrogen-bond donors (Lipinski definition) is 0. The van der Waals surface area contributed by atoms with E-state index in [9.17, 15) is 0 Å². The first-order chi connectivity index (χ1) is 5.20. The third-order valence-electron chi connectivity index (χ3n) is 1.33. The van der Waals surface area contributed by atoms with Gasteiger partial charge in [0, 0.05) is 26.2 Å². The summed E-state index contributed by atoms with van der Waals surface area (Å²) in [6, 6.07) is 0. The molecule has 0 saturated heterocycles. The van der Waals surface area contributed by atoms with Crippen LogP contribution in [0.1, 0.15) is 20.3 Å². The van der Waals surface area contributed by atoms with E-state index in [1.165, 1.54) is 0 Å². The molecule has 60 valence electrons. The minimum atomic E-state index is 0.739. The van der Waals surface area contributed by atoms with Crippen LogP contribution in [-0.4, -0.2) is 25.5 Å². The molecule has 0 aliphatic rings. The molecule has 0 atom stereocenters. The lowest BCUT2D eigenvalue weighted by Gasteiger charge is -1.86. The third kappa shape index (κ3) is 5.35. The van der Waals surface area contributed by atoms with Crippen molar-refractivity contribution in [2.75, 3.05) is 14.1 Å². The van der Waals surface area contributed by atoms with Gasteiger partial charge in [-0.3, -0.25) is 9.98 Å². The van der Waals surface area contributed by atoms with Gasteiger partial charge in [0.25, 0.3) is 0 Å². The van der Waals surface area contributed by atoms with Crippen LogP contribution in [0.2, 0.25) is 0 Å². The van der Waals surface area contributed by atoms with Crippen LogP contribution in [0.15, 0.2) is 9.98 Å². The van der Waals surface area contributed by atoms with Crippen LogP contribution in [0, 0.1) is 11.8 Å². The molecule has 0 unspecified atom stereocenters. The highest BCUT2D eigenvalue weighted by Gasteiger charge is 1.82. The molecule has 0 aliphatic heterocycles. The van der Waals surface area contributed by atoms with Crippen LogP contribution < -0.4 is 0 Å². The van der Waals surface area contributed by atoms with E-state index < -0.39 is 0 Å². The number of hydrogen-bond acceptors (Lipinski definition) is 2. The zero-order valence-corrected chi connectivity index (χ0v) is 7.60. The topological polar surface area (TPSA) is 24.7 Å². The molecule has 2 nitrogen and oxygen atoms in total. The fourth-order valence-electron chi connectivity index (χ4n) is 0.435. The Bertz CT molecular complexity index is 226.